The number of carbonyl (C=O) groups excluding carboxylic acids is 7. The number of guanidine groups is 2. The predicted molar refractivity (Wildman–Crippen MR) is 312 cm³/mol. The summed E-state index contributed by atoms with van der Waals surface area (Å²) in [5.41, 5.74) is 36.6. The Kier molecular flexibility index (Phi) is 27.0. The molecule has 0 saturated heterocycles. The molecule has 8 atom stereocenters. The van der Waals surface area contributed by atoms with Gasteiger partial charge in [0.15, 0.2) is 11.9 Å². The van der Waals surface area contributed by atoms with Gasteiger partial charge >= 0.3 is 5.97 Å². The average molecular weight is 1140 g/mol. The van der Waals surface area contributed by atoms with Crippen molar-refractivity contribution in [2.24, 2.45) is 56.2 Å². The summed E-state index contributed by atoms with van der Waals surface area (Å²) in [5, 5.41) is 40.8. The molecule has 27 nitrogen and oxygen atoms in total. The monoisotopic (exact) mass is 1140 g/mol. The fourth-order valence-corrected chi connectivity index (χ4v) is 9.15. The number of benzene rings is 2. The lowest BCUT2D eigenvalue weighted by atomic mass is 9.99. The maximum Gasteiger partial charge on any atom is 0.326 e. The molecule has 0 aliphatic heterocycles. The minimum Gasteiger partial charge on any atom is -0.480 e. The number of aliphatic hydroxyl groups excluding tert-OH is 1. The van der Waals surface area contributed by atoms with Crippen LogP contribution in [0.3, 0.4) is 0 Å². The second-order valence-corrected chi connectivity index (χ2v) is 21.1. The van der Waals surface area contributed by atoms with E-state index in [1.165, 1.54) is 0 Å². The number of H-pyrrole nitrogens is 2. The Morgan fingerprint density at radius 3 is 1.34 bits per heavy atom. The van der Waals surface area contributed by atoms with Crippen LogP contribution in [0.1, 0.15) is 96.6 Å². The number of carboxylic acid groups (broad SMARTS) is 1. The number of amides is 7. The number of aliphatic hydroxyl groups is 1. The van der Waals surface area contributed by atoms with Gasteiger partial charge in [-0.25, -0.2) is 4.79 Å². The number of fused-ring (bicyclic) bond motifs is 2. The molecule has 2 aromatic heterocycles. The number of hydrogen-bond donors (Lipinski definition) is 17. The molecule has 82 heavy (non-hydrogen) atoms. The molecule has 2 aromatic carbocycles. The summed E-state index contributed by atoms with van der Waals surface area (Å²) in [4.78, 5) is 125. The molecule has 0 unspecified atom stereocenters. The first kappa shape index (κ1) is 66.2. The third-order valence-corrected chi connectivity index (χ3v) is 13.4. The number of aromatic nitrogens is 2. The zero-order valence-electron chi connectivity index (χ0n) is 47.2. The van der Waals surface area contributed by atoms with E-state index in [1.807, 2.05) is 36.4 Å². The van der Waals surface area contributed by atoms with Crippen LogP contribution in [-0.2, 0) is 51.2 Å². The molecule has 4 aromatic rings. The van der Waals surface area contributed by atoms with Gasteiger partial charge in [-0.3, -0.25) is 43.5 Å². The summed E-state index contributed by atoms with van der Waals surface area (Å²) in [6.45, 7) is 6.84. The van der Waals surface area contributed by atoms with E-state index in [1.54, 1.807) is 52.2 Å². The van der Waals surface area contributed by atoms with Gasteiger partial charge in [0.2, 0.25) is 41.4 Å². The molecule has 0 radical (unpaired) electrons. The number of para-hydroxylation sites is 2. The van der Waals surface area contributed by atoms with Crippen LogP contribution in [0.4, 0.5) is 0 Å². The number of unbranched alkanes of at least 4 members (excludes halogenated alkanes) is 1. The number of carbonyl (C=O) groups is 8. The second-order valence-electron chi connectivity index (χ2n) is 21.1. The molecule has 23 N–H and O–H groups in total. The van der Waals surface area contributed by atoms with Crippen molar-refractivity contribution in [2.75, 3.05) is 26.2 Å². The highest BCUT2D eigenvalue weighted by atomic mass is 16.4. The summed E-state index contributed by atoms with van der Waals surface area (Å²) >= 11 is 0. The third-order valence-electron chi connectivity index (χ3n) is 13.4. The van der Waals surface area contributed by atoms with Gasteiger partial charge in [0.1, 0.15) is 42.3 Å². The highest BCUT2D eigenvalue weighted by Crippen LogP contribution is 2.22. The van der Waals surface area contributed by atoms with E-state index in [0.29, 0.717) is 30.4 Å². The number of nitrogens with one attached hydrogen (secondary N) is 9. The first-order chi connectivity index (χ1) is 39.0. The van der Waals surface area contributed by atoms with Crippen LogP contribution in [0, 0.1) is 11.8 Å². The third kappa shape index (κ3) is 21.6. The van der Waals surface area contributed by atoms with Crippen molar-refractivity contribution in [2.45, 2.75) is 147 Å². The standard InChI is InChI=1S/C55H85N17O10/c1-30(2)23-41(49(77)71-44(53(81)82)26-33-28-65-38-17-8-6-14-35(33)38)69-52(80)45(29-73)72-50(78)42(24-31(3)4)68-51(79)43(25-32-27-64-37-16-7-5-13-34(32)37)70-48(76)39(18-9-10-20-56)67-47(75)40(19-12-22-63-55(60)61)66-46(74)36(57)15-11-21-62-54(58)59/h5-8,13-14,16-17,27-28,30-31,36,39-45,64-65,73H,9-12,15,18-26,29,56-57H2,1-4H3,(H,66,74)(H,67,75)(H,68,79)(H,69,80)(H,70,76)(H,71,77)(H,72,78)(H,81,82)(H4,58,59,62)(H4,60,61,63)/t36-,39-,40+,41-,42-,43+,44+,45+/m1/s1. The Hall–Kier alpha value is -8.30. The molecule has 7 amide bonds. The van der Waals surface area contributed by atoms with Crippen molar-refractivity contribution < 1.29 is 48.6 Å². The van der Waals surface area contributed by atoms with Crippen molar-refractivity contribution >= 4 is 81.0 Å². The van der Waals surface area contributed by atoms with Gasteiger partial charge in [-0.1, -0.05) is 64.1 Å². The topological polar surface area (TPSA) is 474 Å². The van der Waals surface area contributed by atoms with Gasteiger partial charge in [-0.05, 0) is 99.4 Å². The molecule has 4 rings (SSSR count). The number of aliphatic carboxylic acids is 1. The highest BCUT2D eigenvalue weighted by molar-refractivity contribution is 5.98. The van der Waals surface area contributed by atoms with Crippen molar-refractivity contribution in [3.63, 3.8) is 0 Å². The average Bonchev–Trinajstić information content (AvgIpc) is 4.27. The van der Waals surface area contributed by atoms with Crippen molar-refractivity contribution in [1.29, 1.82) is 0 Å². The van der Waals surface area contributed by atoms with Gasteiger partial charge in [0, 0.05) is 60.1 Å². The number of carboxylic acids is 1. The summed E-state index contributed by atoms with van der Waals surface area (Å²) < 4.78 is 0. The second kappa shape index (κ2) is 33.5. The number of nitrogens with two attached hydrogens (primary N) is 6. The van der Waals surface area contributed by atoms with Crippen LogP contribution >= 0.6 is 0 Å². The molecule has 0 saturated carbocycles. The maximum atomic E-state index is 14.7. The lowest BCUT2D eigenvalue weighted by Crippen LogP contribution is -2.61. The molecule has 0 aliphatic carbocycles. The lowest BCUT2D eigenvalue weighted by Gasteiger charge is -2.28. The lowest BCUT2D eigenvalue weighted by molar-refractivity contribution is -0.142. The summed E-state index contributed by atoms with van der Waals surface area (Å²) in [7, 11) is 0. The molecule has 450 valence electrons. The highest BCUT2D eigenvalue weighted by Gasteiger charge is 2.35. The smallest absolute Gasteiger partial charge is 0.326 e. The Morgan fingerprint density at radius 2 is 0.878 bits per heavy atom. The van der Waals surface area contributed by atoms with Crippen LogP contribution < -0.4 is 71.6 Å². The van der Waals surface area contributed by atoms with E-state index in [9.17, 15) is 48.6 Å². The van der Waals surface area contributed by atoms with Gasteiger partial charge in [-0.15, -0.1) is 0 Å². The minimum atomic E-state index is -1.64. The molecular weight excluding hydrogens is 1060 g/mol. The molecule has 2 heterocycles. The summed E-state index contributed by atoms with van der Waals surface area (Å²) in [6, 6.07) is 3.95. The number of rotatable bonds is 36. The zero-order chi connectivity index (χ0) is 60.5. The molecule has 0 spiro atoms. The number of aliphatic imine (C=N–C) groups is 2. The quantitative estimate of drug-likeness (QED) is 0.0141. The zero-order valence-corrected chi connectivity index (χ0v) is 47.2. The van der Waals surface area contributed by atoms with E-state index in [-0.39, 0.29) is 94.8 Å². The Morgan fingerprint density at radius 1 is 0.500 bits per heavy atom. The normalized spacial score (nSPS) is 14.3. The minimum absolute atomic E-state index is 0.0183. The molecule has 0 aliphatic rings. The van der Waals surface area contributed by atoms with Crippen LogP contribution in [0.2, 0.25) is 0 Å². The Balaban J connectivity index is 1.58. The van der Waals surface area contributed by atoms with E-state index < -0.39 is 102 Å². The number of nitrogens with zero attached hydrogens (tertiary/aromatic N) is 2. The van der Waals surface area contributed by atoms with E-state index >= 15 is 0 Å². The maximum absolute atomic E-state index is 14.7. The SMILES string of the molecule is CC(C)C[C@@H](NC(=O)[C@H](CO)NC(=O)[C@@H](CC(C)C)NC(=O)[C@H](Cc1c[nH]c2ccccc12)NC(=O)[C@@H](CCCCN)NC(=O)[C@H](CCCN=C(N)N)NC(=O)[C@H](N)CCCN=C(N)N)C(=O)N[C@@H](Cc1c[nH]c2ccccc12)C(=O)O. The first-order valence-electron chi connectivity index (χ1n) is 27.6. The number of aromatic amines is 2. The first-order valence-corrected chi connectivity index (χ1v) is 27.6. The summed E-state index contributed by atoms with van der Waals surface area (Å²) in [6.07, 6.45) is 4.94. The van der Waals surface area contributed by atoms with E-state index in [2.05, 4.69) is 57.2 Å². The van der Waals surface area contributed by atoms with Crippen LogP contribution in [0.25, 0.3) is 21.8 Å². The van der Waals surface area contributed by atoms with Gasteiger partial charge < -0.3 is 91.8 Å². The van der Waals surface area contributed by atoms with E-state index in [0.717, 1.165) is 21.8 Å². The van der Waals surface area contributed by atoms with Crippen molar-refractivity contribution in [3.8, 4) is 0 Å². The van der Waals surface area contributed by atoms with Crippen LogP contribution in [-0.4, -0.2) is 154 Å². The Labute approximate surface area is 476 Å². The van der Waals surface area contributed by atoms with Gasteiger partial charge in [0.25, 0.3) is 0 Å². The van der Waals surface area contributed by atoms with Crippen molar-refractivity contribution in [1.82, 2.24) is 47.2 Å². The Bertz CT molecular complexity index is 2820. The fourth-order valence-electron chi connectivity index (χ4n) is 9.15. The van der Waals surface area contributed by atoms with Gasteiger partial charge in [-0.2, -0.15) is 0 Å². The summed E-state index contributed by atoms with van der Waals surface area (Å²) in [5.74, 6) is -7.64. The molecule has 0 fully saturated rings. The largest absolute Gasteiger partial charge is 0.480 e. The van der Waals surface area contributed by atoms with Crippen LogP contribution in [0.5, 0.6) is 0 Å². The number of hydrogen-bond acceptors (Lipinski definition) is 13. The fraction of sp³-hybridized carbons (Fsp3) is 0.527. The van der Waals surface area contributed by atoms with Gasteiger partial charge in [0.05, 0.1) is 12.6 Å². The van der Waals surface area contributed by atoms with Crippen molar-refractivity contribution in [3.05, 3.63) is 72.1 Å². The predicted octanol–water partition coefficient (Wildman–Crippen LogP) is -1.44. The van der Waals surface area contributed by atoms with E-state index in [4.69, 9.17) is 34.4 Å². The van der Waals surface area contributed by atoms with Crippen LogP contribution in [0.15, 0.2) is 70.9 Å². The molecule has 27 heteroatoms. The molecular formula is C55H85N17O10. The molecule has 0 bridgehead atoms.